The molecule has 0 spiro atoms. The molecule has 2 nitrogen and oxygen atoms in total. The second-order valence-electron chi connectivity index (χ2n) is 5.58. The molecule has 0 amide bonds. The van der Waals surface area contributed by atoms with Gasteiger partial charge in [-0.25, -0.2) is 0 Å². The summed E-state index contributed by atoms with van der Waals surface area (Å²) in [7, 11) is 0. The van der Waals surface area contributed by atoms with Gasteiger partial charge in [0.05, 0.1) is 24.9 Å². The van der Waals surface area contributed by atoms with Crippen LogP contribution in [-0.2, 0) is 22.7 Å². The molecule has 0 bridgehead atoms. The number of rotatable bonds is 5. The Morgan fingerprint density at radius 2 is 1.41 bits per heavy atom. The van der Waals surface area contributed by atoms with Crippen molar-refractivity contribution in [2.75, 3.05) is 0 Å². The molecular formula is C15H24O2. The van der Waals surface area contributed by atoms with Crippen LogP contribution < -0.4 is 0 Å². The third-order valence-corrected chi connectivity index (χ3v) is 2.28. The van der Waals surface area contributed by atoms with Crippen molar-refractivity contribution in [1.29, 1.82) is 0 Å². The van der Waals surface area contributed by atoms with Gasteiger partial charge in [-0.1, -0.05) is 24.3 Å². The Labute approximate surface area is 105 Å². The summed E-state index contributed by atoms with van der Waals surface area (Å²) < 4.78 is 11.3. The van der Waals surface area contributed by atoms with Crippen molar-refractivity contribution in [1.82, 2.24) is 0 Å². The largest absolute Gasteiger partial charge is 0.374 e. The summed E-state index contributed by atoms with van der Waals surface area (Å²) >= 11 is 0. The maximum Gasteiger partial charge on any atom is 0.0724 e. The van der Waals surface area contributed by atoms with Crippen molar-refractivity contribution in [2.45, 2.75) is 59.5 Å². The van der Waals surface area contributed by atoms with Gasteiger partial charge in [0.15, 0.2) is 0 Å². The van der Waals surface area contributed by atoms with Crippen LogP contribution in [0.2, 0.25) is 0 Å². The summed E-state index contributed by atoms with van der Waals surface area (Å²) in [5.41, 5.74) is 2.32. The molecule has 0 aromatic heterocycles. The molecule has 0 heterocycles. The van der Waals surface area contributed by atoms with Crippen LogP contribution in [0.5, 0.6) is 0 Å². The Morgan fingerprint density at radius 3 is 1.82 bits per heavy atom. The van der Waals surface area contributed by atoms with Crippen molar-refractivity contribution < 1.29 is 9.47 Å². The highest BCUT2D eigenvalue weighted by Gasteiger charge is 2.09. The van der Waals surface area contributed by atoms with Gasteiger partial charge in [-0.3, -0.25) is 0 Å². The van der Waals surface area contributed by atoms with E-state index in [9.17, 15) is 0 Å². The van der Waals surface area contributed by atoms with Gasteiger partial charge in [-0.2, -0.15) is 0 Å². The van der Waals surface area contributed by atoms with E-state index >= 15 is 0 Å². The number of hydrogen-bond donors (Lipinski definition) is 0. The van der Waals surface area contributed by atoms with Crippen molar-refractivity contribution >= 4 is 0 Å². The first-order valence-electron chi connectivity index (χ1n) is 6.20. The molecule has 0 aliphatic heterocycles. The minimum absolute atomic E-state index is 0.0839. The van der Waals surface area contributed by atoms with E-state index in [4.69, 9.17) is 9.47 Å². The summed E-state index contributed by atoms with van der Waals surface area (Å²) in [6.45, 7) is 11.6. The molecule has 0 radical (unpaired) electrons. The molecule has 0 N–H and O–H groups in total. The maximum absolute atomic E-state index is 5.72. The highest BCUT2D eigenvalue weighted by atomic mass is 16.5. The van der Waals surface area contributed by atoms with Crippen LogP contribution in [-0.4, -0.2) is 11.7 Å². The van der Waals surface area contributed by atoms with E-state index in [1.54, 1.807) is 0 Å². The van der Waals surface area contributed by atoms with Crippen molar-refractivity contribution in [3.05, 3.63) is 35.4 Å². The highest BCUT2D eigenvalue weighted by Crippen LogP contribution is 2.13. The Balaban J connectivity index is 2.45. The molecular weight excluding hydrogens is 212 g/mol. The number of benzene rings is 1. The second kappa shape index (κ2) is 6.18. The van der Waals surface area contributed by atoms with Gasteiger partial charge >= 0.3 is 0 Å². The Hall–Kier alpha value is -0.860. The van der Waals surface area contributed by atoms with E-state index in [1.165, 1.54) is 11.1 Å². The first-order chi connectivity index (χ1) is 7.87. The standard InChI is InChI=1S/C15H24O2/c1-12(2)16-10-13-6-8-14(9-7-13)11-17-15(3,4)5/h6-9,12H,10-11H2,1-5H3. The molecule has 0 fully saturated rings. The summed E-state index contributed by atoms with van der Waals surface area (Å²) in [5, 5.41) is 0. The van der Waals surface area contributed by atoms with Crippen molar-refractivity contribution in [2.24, 2.45) is 0 Å². The minimum atomic E-state index is -0.0839. The minimum Gasteiger partial charge on any atom is -0.374 e. The molecule has 1 rings (SSSR count). The van der Waals surface area contributed by atoms with Gasteiger partial charge in [0.2, 0.25) is 0 Å². The summed E-state index contributed by atoms with van der Waals surface area (Å²) in [4.78, 5) is 0. The fourth-order valence-electron chi connectivity index (χ4n) is 1.29. The molecule has 0 aliphatic rings. The normalized spacial score (nSPS) is 12.1. The van der Waals surface area contributed by atoms with Gasteiger partial charge in [-0.15, -0.1) is 0 Å². The predicted molar refractivity (Wildman–Crippen MR) is 70.9 cm³/mol. The molecule has 96 valence electrons. The fourth-order valence-corrected chi connectivity index (χ4v) is 1.29. The van der Waals surface area contributed by atoms with Crippen molar-refractivity contribution in [3.63, 3.8) is 0 Å². The first kappa shape index (κ1) is 14.2. The van der Waals surface area contributed by atoms with Crippen molar-refractivity contribution in [3.8, 4) is 0 Å². The van der Waals surface area contributed by atoms with Gasteiger partial charge in [0, 0.05) is 0 Å². The average Bonchev–Trinajstić information content (AvgIpc) is 2.24. The lowest BCUT2D eigenvalue weighted by Gasteiger charge is -2.19. The lowest BCUT2D eigenvalue weighted by molar-refractivity contribution is -0.0149. The second-order valence-corrected chi connectivity index (χ2v) is 5.58. The van der Waals surface area contributed by atoms with E-state index in [1.807, 2.05) is 13.8 Å². The predicted octanol–water partition coefficient (Wildman–Crippen LogP) is 3.93. The highest BCUT2D eigenvalue weighted by molar-refractivity contribution is 5.21. The molecule has 1 aromatic carbocycles. The van der Waals surface area contributed by atoms with Crippen LogP contribution in [0.1, 0.15) is 45.7 Å². The molecule has 2 heteroatoms. The van der Waals surface area contributed by atoms with Crippen LogP contribution in [0.3, 0.4) is 0 Å². The smallest absolute Gasteiger partial charge is 0.0724 e. The number of ether oxygens (including phenoxy) is 2. The zero-order valence-electron chi connectivity index (χ0n) is 11.6. The molecule has 17 heavy (non-hydrogen) atoms. The summed E-state index contributed by atoms with van der Waals surface area (Å²) in [6, 6.07) is 8.41. The molecule has 1 aromatic rings. The van der Waals surface area contributed by atoms with E-state index in [-0.39, 0.29) is 11.7 Å². The zero-order chi connectivity index (χ0) is 12.9. The Morgan fingerprint density at radius 1 is 0.941 bits per heavy atom. The Kier molecular flexibility index (Phi) is 5.16. The SMILES string of the molecule is CC(C)OCc1ccc(COC(C)(C)C)cc1. The van der Waals surface area contributed by atoms with Gasteiger partial charge in [-0.05, 0) is 45.7 Å². The molecule has 0 saturated carbocycles. The third-order valence-electron chi connectivity index (χ3n) is 2.28. The molecule has 0 aliphatic carbocycles. The van der Waals surface area contributed by atoms with Gasteiger partial charge < -0.3 is 9.47 Å². The van der Waals surface area contributed by atoms with Crippen LogP contribution in [0.4, 0.5) is 0 Å². The lowest BCUT2D eigenvalue weighted by atomic mass is 10.1. The van der Waals surface area contributed by atoms with Crippen LogP contribution in [0.25, 0.3) is 0 Å². The molecule has 0 atom stereocenters. The fraction of sp³-hybridized carbons (Fsp3) is 0.600. The summed E-state index contributed by atoms with van der Waals surface area (Å²) in [5.74, 6) is 0. The average molecular weight is 236 g/mol. The Bertz CT molecular complexity index is 320. The monoisotopic (exact) mass is 236 g/mol. The van der Waals surface area contributed by atoms with Crippen LogP contribution in [0.15, 0.2) is 24.3 Å². The first-order valence-corrected chi connectivity index (χ1v) is 6.20. The zero-order valence-corrected chi connectivity index (χ0v) is 11.6. The van der Waals surface area contributed by atoms with Gasteiger partial charge in [0.25, 0.3) is 0 Å². The lowest BCUT2D eigenvalue weighted by Crippen LogP contribution is -2.18. The molecule has 0 unspecified atom stereocenters. The van der Waals surface area contributed by atoms with E-state index in [0.717, 1.165) is 0 Å². The van der Waals surface area contributed by atoms with E-state index in [0.29, 0.717) is 13.2 Å². The van der Waals surface area contributed by atoms with Gasteiger partial charge in [0.1, 0.15) is 0 Å². The third kappa shape index (κ3) is 6.44. The topological polar surface area (TPSA) is 18.5 Å². The summed E-state index contributed by atoms with van der Waals surface area (Å²) in [6.07, 6.45) is 0.277. The van der Waals surface area contributed by atoms with Crippen LogP contribution in [0, 0.1) is 0 Å². The molecule has 0 saturated heterocycles. The van der Waals surface area contributed by atoms with Crippen LogP contribution >= 0.6 is 0 Å². The quantitative estimate of drug-likeness (QED) is 0.771. The van der Waals surface area contributed by atoms with E-state index in [2.05, 4.69) is 45.0 Å². The van der Waals surface area contributed by atoms with E-state index < -0.39 is 0 Å². The maximum atomic E-state index is 5.72. The number of hydrogen-bond acceptors (Lipinski definition) is 2.